The van der Waals surface area contributed by atoms with E-state index in [-0.39, 0.29) is 227 Å². The highest BCUT2D eigenvalue weighted by molar-refractivity contribution is 7.80. The first kappa shape index (κ1) is 104. The smallest absolute Gasteiger partial charge is 0.240 e. The molecule has 0 aliphatic heterocycles. The number of thiol groups is 1. The van der Waals surface area contributed by atoms with Crippen molar-refractivity contribution in [2.75, 3.05) is 64.7 Å². The molecule has 115 heavy (non-hydrogen) atoms. The number of unbranched alkanes of at least 4 members (excludes halogenated alkanes) is 1. The normalized spacial score (nSPS) is 13.7. The first-order valence-electron chi connectivity index (χ1n) is 37.9. The summed E-state index contributed by atoms with van der Waals surface area (Å²) in [6.07, 6.45) is -2.03. The van der Waals surface area contributed by atoms with Crippen LogP contribution in [0.1, 0.15) is 167 Å². The summed E-state index contributed by atoms with van der Waals surface area (Å²) in [4.78, 5) is 202. The maximum Gasteiger partial charge on any atom is 0.240 e. The number of nitrogens with two attached hydrogens (primary N) is 18. The number of nitrogens with one attached hydrogen (secondary N) is 7. The number of carbonyl (C=O) groups excluding carboxylic acids is 12. The van der Waals surface area contributed by atoms with Gasteiger partial charge in [-0.05, 0) is 116 Å². The Bertz CT molecular complexity index is 3380. The lowest BCUT2D eigenvalue weighted by Gasteiger charge is -2.27. The van der Waals surface area contributed by atoms with Crippen LogP contribution in [-0.2, 0) is 57.5 Å². The number of Topliss-reactive ketones (excluding diaryl/α,β-unsaturated/α-hetero) is 5. The van der Waals surface area contributed by atoms with Crippen molar-refractivity contribution >= 4 is 136 Å². The van der Waals surface area contributed by atoms with Crippen molar-refractivity contribution in [3.05, 3.63) is 0 Å². The monoisotopic (exact) mass is 1650 g/mol. The largest absolute Gasteiger partial charge is 0.396 e. The Morgan fingerprint density at radius 3 is 0.696 bits per heavy atom. The van der Waals surface area contributed by atoms with E-state index in [2.05, 4.69) is 84.5 Å². The van der Waals surface area contributed by atoms with Gasteiger partial charge >= 0.3 is 0 Å². The second kappa shape index (κ2) is 59.3. The van der Waals surface area contributed by atoms with Crippen LogP contribution >= 0.6 is 12.6 Å². The number of amidine groups is 1. The quantitative estimate of drug-likeness (QED) is 0.0116. The van der Waals surface area contributed by atoms with Crippen molar-refractivity contribution in [2.24, 2.45) is 173 Å². The van der Waals surface area contributed by atoms with Gasteiger partial charge in [0, 0.05) is 127 Å². The lowest BCUT2D eigenvalue weighted by Crippen LogP contribution is -2.50. The Kier molecular flexibility index (Phi) is 53.4. The molecule has 0 heterocycles. The van der Waals surface area contributed by atoms with Crippen molar-refractivity contribution in [3.8, 4) is 0 Å². The number of aliphatic imine (C=N–C) groups is 8. The zero-order chi connectivity index (χ0) is 87.1. The van der Waals surface area contributed by atoms with E-state index in [1.165, 1.54) is 6.92 Å². The number of hydrogen-bond acceptors (Lipinski definition) is 23. The van der Waals surface area contributed by atoms with E-state index in [1.807, 2.05) is 0 Å². The molecular weight excluding hydrogens is 1520 g/mol. The van der Waals surface area contributed by atoms with Gasteiger partial charge in [0.05, 0.1) is 48.6 Å². The van der Waals surface area contributed by atoms with E-state index in [0.717, 1.165) is 0 Å². The number of rotatable bonds is 66. The number of amides is 7. The summed E-state index contributed by atoms with van der Waals surface area (Å²) in [6, 6.07) is -7.98. The summed E-state index contributed by atoms with van der Waals surface area (Å²) in [6.45, 7) is 0.0944. The lowest BCUT2D eigenvalue weighted by molar-refractivity contribution is -0.137. The number of guanidine groups is 8. The van der Waals surface area contributed by atoms with E-state index in [9.17, 15) is 48.3 Å². The molecule has 0 rings (SSSR count). The first-order chi connectivity index (χ1) is 54.2. The van der Waals surface area contributed by atoms with Crippen molar-refractivity contribution in [1.29, 1.82) is 5.41 Å². The predicted molar refractivity (Wildman–Crippen MR) is 443 cm³/mol. The molecular formula is C68H129N33O13S. The van der Waals surface area contributed by atoms with Crippen LogP contribution < -0.4 is 135 Å². The van der Waals surface area contributed by atoms with Gasteiger partial charge in [0.1, 0.15) is 6.04 Å². The molecule has 0 fully saturated rings. The molecule has 650 valence electrons. The lowest BCUT2D eigenvalue weighted by atomic mass is 9.88. The van der Waals surface area contributed by atoms with Gasteiger partial charge in [-0.1, -0.05) is 6.42 Å². The predicted octanol–water partition coefficient (Wildman–Crippen LogP) is -8.88. The minimum Gasteiger partial charge on any atom is -0.396 e. The number of carbonyl (C=O) groups is 12. The number of aliphatic hydroxyl groups is 1. The van der Waals surface area contributed by atoms with Crippen LogP contribution in [0.3, 0.4) is 0 Å². The fourth-order valence-electron chi connectivity index (χ4n) is 11.8. The van der Waals surface area contributed by atoms with E-state index < -0.39 is 175 Å². The van der Waals surface area contributed by atoms with Crippen LogP contribution in [0.15, 0.2) is 39.9 Å². The highest BCUT2D eigenvalue weighted by Crippen LogP contribution is 2.24. The zero-order valence-electron chi connectivity index (χ0n) is 65.9. The van der Waals surface area contributed by atoms with Crippen LogP contribution in [-0.4, -0.2) is 230 Å². The van der Waals surface area contributed by atoms with E-state index >= 15 is 14.4 Å². The second-order valence-electron chi connectivity index (χ2n) is 27.5. The van der Waals surface area contributed by atoms with Crippen molar-refractivity contribution in [1.82, 2.24) is 31.9 Å². The van der Waals surface area contributed by atoms with Gasteiger partial charge in [-0.15, -0.1) is 0 Å². The number of ketones is 5. The molecule has 0 aromatic rings. The Balaban J connectivity index is 8.06. The number of aliphatic hydroxyl groups excluding tert-OH is 1. The molecule has 0 saturated carbocycles. The molecule has 47 heteroatoms. The average molecular weight is 1650 g/mol. The molecule has 11 atom stereocenters. The maximum absolute atomic E-state index is 15.1. The third kappa shape index (κ3) is 50.3. The fourth-order valence-corrected chi connectivity index (χ4v) is 12.1. The number of hydrogen-bond donors (Lipinski definition) is 27. The molecule has 0 aliphatic carbocycles. The summed E-state index contributed by atoms with van der Waals surface area (Å²) in [5.74, 6) is -18.1. The maximum atomic E-state index is 15.1. The minimum atomic E-state index is -1.46. The number of primary amides is 1. The molecule has 0 bridgehead atoms. The van der Waals surface area contributed by atoms with Gasteiger partial charge in [0.2, 0.25) is 41.4 Å². The molecule has 46 nitrogen and oxygen atoms in total. The summed E-state index contributed by atoms with van der Waals surface area (Å²) < 4.78 is 0. The van der Waals surface area contributed by atoms with Gasteiger partial charge in [-0.2, -0.15) is 12.6 Å². The third-order valence-electron chi connectivity index (χ3n) is 17.7. The molecule has 0 aromatic heterocycles. The SMILES string of the molecule is CC(=O)N[C@H](CCCCC(=N)N)C(=O)C[C@@H](CO)C(=O)N[C@H](CCCN=C(N)N)C(=O)C[C@H](CCCN=C(N)N)C(=O)N[C@H](CCCN=C(N)N)C(=O)C[C@H](CCCN=C(N)N)C(=O)N[C@H](CCCN=C(N)N)C(=O)C[C@H](CCCN=C(N)N)C(=O)N[C@H](CCCN=C(N)N)C(=O)C[C@H](CCCN=C(N)N)C(=O)N[C@H](CS)C(N)=O. The topological polar surface area (TPSA) is 888 Å². The second-order valence-corrected chi connectivity index (χ2v) is 27.9. The van der Waals surface area contributed by atoms with E-state index in [4.69, 9.17) is 109 Å². The van der Waals surface area contributed by atoms with Crippen molar-refractivity contribution in [2.45, 2.75) is 204 Å². The van der Waals surface area contributed by atoms with Crippen LogP contribution in [0, 0.1) is 35.0 Å². The average Bonchev–Trinajstić information content (AvgIpc) is 0.908. The van der Waals surface area contributed by atoms with Gasteiger partial charge in [0.25, 0.3) is 0 Å². The summed E-state index contributed by atoms with van der Waals surface area (Å²) in [5, 5.41) is 34.0. The van der Waals surface area contributed by atoms with Gasteiger partial charge < -0.3 is 140 Å². The molecule has 0 saturated heterocycles. The van der Waals surface area contributed by atoms with Crippen molar-refractivity contribution in [3.63, 3.8) is 0 Å². The minimum absolute atomic E-state index is 0.00833. The number of nitrogens with zero attached hydrogens (tertiary/aromatic N) is 8. The Morgan fingerprint density at radius 1 is 0.296 bits per heavy atom. The first-order valence-corrected chi connectivity index (χ1v) is 38.5. The van der Waals surface area contributed by atoms with E-state index in [0.29, 0.717) is 12.8 Å². The highest BCUT2D eigenvalue weighted by Gasteiger charge is 2.37. The summed E-state index contributed by atoms with van der Waals surface area (Å²) >= 11 is 4.12. The highest BCUT2D eigenvalue weighted by atomic mass is 32.1. The third-order valence-corrected chi connectivity index (χ3v) is 18.1. The van der Waals surface area contributed by atoms with Gasteiger partial charge in [-0.25, -0.2) is 0 Å². The molecule has 0 aromatic carbocycles. The molecule has 7 amide bonds. The molecule has 0 radical (unpaired) electrons. The summed E-state index contributed by atoms with van der Waals surface area (Å²) in [5.41, 5.74) is 101. The van der Waals surface area contributed by atoms with Crippen LogP contribution in [0.2, 0.25) is 0 Å². The Hall–Kier alpha value is -11.4. The van der Waals surface area contributed by atoms with E-state index in [1.54, 1.807) is 0 Å². The van der Waals surface area contributed by atoms with Crippen LogP contribution in [0.4, 0.5) is 0 Å². The summed E-state index contributed by atoms with van der Waals surface area (Å²) in [7, 11) is 0. The van der Waals surface area contributed by atoms with Gasteiger partial charge in [-0.3, -0.25) is 103 Å². The Labute approximate surface area is 674 Å². The Morgan fingerprint density at radius 2 is 0.496 bits per heavy atom. The fraction of sp³-hybridized carbons (Fsp3) is 0.691. The standard InChI is InChI=1S/C68H129N33O13S/c1-37(103)96-43(16-2-3-21-54(69)70)53(108)34-42(35-102)60(114)100-47(20-11-29-95-68(86)87)52(107)32-40(14-6-24-90-63(76)77)58(112)98-45(18-9-27-93-66(82)83)50(105)30-38(12-4-22-88-61(72)73)56(110)97-44(17-8-26-92-65(80)81)49(104)31-39(13-5-23-89-62(74)75)57(111)99-46(19-10-28-94-67(84)85)51(106)33-41(15-7-25-91-64(78)79)59(113)101-48(36-115)55(71)109/h38-48,102,115H,2-36H2,1H3,(H3,69,70)(H2,71,109)(H,96,103)(H,97,110)(H,98,112)(H,99,111)(H,100,114)(H,101,113)(H4,72,73,88)(H4,74,75,89)(H4,76,77,90)(H4,78,79,91)(H4,80,81,92)(H4,82,83,93)(H4,84,85,94)(H4,86,87,95)/t38-,39-,40-,41-,42-,43+,44+,45+,46+,47+,48+/m0/s1. The molecule has 0 spiro atoms. The van der Waals surface area contributed by atoms with Crippen LogP contribution in [0.25, 0.3) is 0 Å². The van der Waals surface area contributed by atoms with Crippen molar-refractivity contribution < 1.29 is 62.6 Å². The molecule has 0 aliphatic rings. The van der Waals surface area contributed by atoms with Gasteiger partial charge in [0.15, 0.2) is 76.6 Å². The molecule has 44 N–H and O–H groups in total. The zero-order valence-corrected chi connectivity index (χ0v) is 66.8. The van der Waals surface area contributed by atoms with Crippen LogP contribution in [0.5, 0.6) is 0 Å². The molecule has 0 unspecified atom stereocenters.